The highest BCUT2D eigenvalue weighted by Crippen LogP contribution is 2.34. The first-order valence-electron chi connectivity index (χ1n) is 5.41. The number of hydrogen-bond donors (Lipinski definition) is 1. The van der Waals surface area contributed by atoms with E-state index in [0.29, 0.717) is 0 Å². The van der Waals surface area contributed by atoms with Gasteiger partial charge in [0.15, 0.2) is 0 Å². The molecule has 1 atom stereocenters. The molecule has 0 fully saturated rings. The molecule has 3 rings (SSSR count). The fraction of sp³-hybridized carbons (Fsp3) is 0.0667. The molecule has 0 heterocycles. The largest absolute Gasteiger partial charge is 0.384 e. The first-order chi connectivity index (χ1) is 7.86. The smallest absolute Gasteiger partial charge is 0.0981 e. The summed E-state index contributed by atoms with van der Waals surface area (Å²) in [5, 5.41) is 10.0. The fourth-order valence-electron chi connectivity index (χ4n) is 2.19. The Morgan fingerprint density at radius 3 is 2.38 bits per heavy atom. The van der Waals surface area contributed by atoms with Crippen molar-refractivity contribution in [1.29, 1.82) is 0 Å². The van der Waals surface area contributed by atoms with Crippen molar-refractivity contribution in [1.82, 2.24) is 0 Å². The summed E-state index contributed by atoms with van der Waals surface area (Å²) in [6.45, 7) is 0. The van der Waals surface area contributed by atoms with Crippen LogP contribution < -0.4 is 0 Å². The zero-order valence-electron chi connectivity index (χ0n) is 8.80. The quantitative estimate of drug-likeness (QED) is 0.703. The predicted molar refractivity (Wildman–Crippen MR) is 65.9 cm³/mol. The van der Waals surface area contributed by atoms with Gasteiger partial charge in [-0.3, -0.25) is 0 Å². The number of hydrogen-bond acceptors (Lipinski definition) is 1. The molecule has 0 aromatic heterocycles. The van der Waals surface area contributed by atoms with Crippen LogP contribution in [0.5, 0.6) is 0 Å². The van der Waals surface area contributed by atoms with Crippen molar-refractivity contribution in [3.8, 4) is 11.1 Å². The van der Waals surface area contributed by atoms with Crippen molar-refractivity contribution < 1.29 is 5.11 Å². The van der Waals surface area contributed by atoms with Crippen LogP contribution in [-0.2, 0) is 0 Å². The van der Waals surface area contributed by atoms with Crippen LogP contribution in [0, 0.1) is 0 Å². The van der Waals surface area contributed by atoms with Gasteiger partial charge >= 0.3 is 0 Å². The minimum absolute atomic E-state index is 0.511. The van der Waals surface area contributed by atoms with Gasteiger partial charge in [-0.05, 0) is 22.3 Å². The van der Waals surface area contributed by atoms with Crippen LogP contribution in [-0.4, -0.2) is 5.11 Å². The standard InChI is InChI=1S/C15H12O/c16-15-10-9-11-5-1-2-6-12(11)13-7-3-4-8-14(13)15/h1-10,15-16H. The summed E-state index contributed by atoms with van der Waals surface area (Å²) in [5.41, 5.74) is 4.44. The fourth-order valence-corrected chi connectivity index (χ4v) is 2.19. The maximum atomic E-state index is 10.0. The Hall–Kier alpha value is -1.86. The van der Waals surface area contributed by atoms with Crippen LogP contribution >= 0.6 is 0 Å². The second kappa shape index (κ2) is 3.62. The lowest BCUT2D eigenvalue weighted by atomic mass is 9.96. The average Bonchev–Trinajstić information content (AvgIpc) is 2.49. The van der Waals surface area contributed by atoms with Crippen molar-refractivity contribution in [3.05, 3.63) is 65.7 Å². The van der Waals surface area contributed by atoms with E-state index in [0.717, 1.165) is 16.7 Å². The molecule has 0 spiro atoms. The molecular formula is C15H12O. The molecule has 1 aliphatic rings. The van der Waals surface area contributed by atoms with Gasteiger partial charge in [0.25, 0.3) is 0 Å². The summed E-state index contributed by atoms with van der Waals surface area (Å²) >= 11 is 0. The van der Waals surface area contributed by atoms with E-state index < -0.39 is 6.10 Å². The van der Waals surface area contributed by atoms with Crippen LogP contribution in [0.3, 0.4) is 0 Å². The number of rotatable bonds is 0. The maximum absolute atomic E-state index is 10.0. The van der Waals surface area contributed by atoms with Crippen LogP contribution in [0.2, 0.25) is 0 Å². The molecule has 1 unspecified atom stereocenters. The minimum Gasteiger partial charge on any atom is -0.384 e. The van der Waals surface area contributed by atoms with Gasteiger partial charge in [-0.1, -0.05) is 60.7 Å². The van der Waals surface area contributed by atoms with E-state index in [-0.39, 0.29) is 0 Å². The van der Waals surface area contributed by atoms with Gasteiger partial charge in [-0.15, -0.1) is 0 Å². The monoisotopic (exact) mass is 208 g/mol. The number of aliphatic hydroxyl groups excluding tert-OH is 1. The van der Waals surface area contributed by atoms with Gasteiger partial charge in [0.1, 0.15) is 0 Å². The summed E-state index contributed by atoms with van der Waals surface area (Å²) in [4.78, 5) is 0. The summed E-state index contributed by atoms with van der Waals surface area (Å²) in [6.07, 6.45) is 3.31. The Bertz CT molecular complexity index is 555. The first-order valence-corrected chi connectivity index (χ1v) is 5.41. The second-order valence-electron chi connectivity index (χ2n) is 3.98. The van der Waals surface area contributed by atoms with E-state index >= 15 is 0 Å². The molecule has 2 aromatic carbocycles. The molecule has 1 heteroatoms. The van der Waals surface area contributed by atoms with E-state index in [2.05, 4.69) is 18.2 Å². The highest BCUT2D eigenvalue weighted by molar-refractivity contribution is 5.79. The highest BCUT2D eigenvalue weighted by Gasteiger charge is 2.15. The Labute approximate surface area is 94.7 Å². The van der Waals surface area contributed by atoms with E-state index in [9.17, 15) is 5.11 Å². The number of fused-ring (bicyclic) bond motifs is 3. The van der Waals surface area contributed by atoms with Gasteiger partial charge in [-0.2, -0.15) is 0 Å². The normalized spacial score (nSPS) is 17.4. The molecular weight excluding hydrogens is 196 g/mol. The summed E-state index contributed by atoms with van der Waals surface area (Å²) in [7, 11) is 0. The van der Waals surface area contributed by atoms with E-state index in [4.69, 9.17) is 0 Å². The molecule has 16 heavy (non-hydrogen) atoms. The van der Waals surface area contributed by atoms with Crippen LogP contribution in [0.1, 0.15) is 17.2 Å². The Balaban J connectivity index is 2.34. The molecule has 1 aliphatic carbocycles. The van der Waals surface area contributed by atoms with Gasteiger partial charge < -0.3 is 5.11 Å². The molecule has 1 N–H and O–H groups in total. The molecule has 0 radical (unpaired) electrons. The number of benzene rings is 2. The average molecular weight is 208 g/mol. The molecule has 0 saturated heterocycles. The number of aliphatic hydroxyl groups is 1. The summed E-state index contributed by atoms with van der Waals surface area (Å²) in [5.74, 6) is 0. The molecule has 0 saturated carbocycles. The Kier molecular flexibility index (Phi) is 2.12. The second-order valence-corrected chi connectivity index (χ2v) is 3.98. The molecule has 78 valence electrons. The predicted octanol–water partition coefficient (Wildman–Crippen LogP) is 3.41. The molecule has 0 aliphatic heterocycles. The van der Waals surface area contributed by atoms with Crippen LogP contribution in [0.15, 0.2) is 54.6 Å². The van der Waals surface area contributed by atoms with E-state index in [1.54, 1.807) is 0 Å². The van der Waals surface area contributed by atoms with Crippen LogP contribution in [0.25, 0.3) is 17.2 Å². The van der Waals surface area contributed by atoms with Crippen molar-refractivity contribution >= 4 is 6.08 Å². The SMILES string of the molecule is OC1C=Cc2ccccc2-c2ccccc21. The molecule has 2 aromatic rings. The molecule has 0 bridgehead atoms. The Morgan fingerprint density at radius 2 is 1.50 bits per heavy atom. The molecule has 0 amide bonds. The summed E-state index contributed by atoms with van der Waals surface area (Å²) < 4.78 is 0. The van der Waals surface area contributed by atoms with Crippen molar-refractivity contribution in [3.63, 3.8) is 0 Å². The zero-order valence-corrected chi connectivity index (χ0v) is 8.80. The third-order valence-electron chi connectivity index (χ3n) is 2.99. The lowest BCUT2D eigenvalue weighted by molar-refractivity contribution is 0.230. The zero-order chi connectivity index (χ0) is 11.0. The van der Waals surface area contributed by atoms with Crippen molar-refractivity contribution in [2.75, 3.05) is 0 Å². The summed E-state index contributed by atoms with van der Waals surface area (Å²) in [6, 6.07) is 16.2. The lowest BCUT2D eigenvalue weighted by Crippen LogP contribution is -1.94. The van der Waals surface area contributed by atoms with Gasteiger partial charge in [-0.25, -0.2) is 0 Å². The van der Waals surface area contributed by atoms with Gasteiger partial charge in [0.05, 0.1) is 6.10 Å². The Morgan fingerprint density at radius 1 is 0.812 bits per heavy atom. The van der Waals surface area contributed by atoms with Gasteiger partial charge in [0, 0.05) is 0 Å². The highest BCUT2D eigenvalue weighted by atomic mass is 16.3. The van der Waals surface area contributed by atoms with Crippen LogP contribution in [0.4, 0.5) is 0 Å². The van der Waals surface area contributed by atoms with Crippen molar-refractivity contribution in [2.45, 2.75) is 6.10 Å². The van der Waals surface area contributed by atoms with E-state index in [1.165, 1.54) is 5.56 Å². The maximum Gasteiger partial charge on any atom is 0.0981 e. The van der Waals surface area contributed by atoms with E-state index in [1.807, 2.05) is 42.5 Å². The topological polar surface area (TPSA) is 20.2 Å². The van der Waals surface area contributed by atoms with Crippen molar-refractivity contribution in [2.24, 2.45) is 0 Å². The third kappa shape index (κ3) is 1.37. The third-order valence-corrected chi connectivity index (χ3v) is 2.99. The lowest BCUT2D eigenvalue weighted by Gasteiger charge is -2.11. The molecule has 1 nitrogen and oxygen atoms in total. The minimum atomic E-state index is -0.511. The first kappa shape index (κ1) is 9.37. The van der Waals surface area contributed by atoms with Gasteiger partial charge in [0.2, 0.25) is 0 Å².